The lowest BCUT2D eigenvalue weighted by Crippen LogP contribution is -2.26. The van der Waals surface area contributed by atoms with Gasteiger partial charge >= 0.3 is 0 Å². The first-order valence-corrected chi connectivity index (χ1v) is 8.57. The Balaban J connectivity index is 2.23. The summed E-state index contributed by atoms with van der Waals surface area (Å²) in [6.07, 6.45) is 4.76. The molecule has 0 saturated heterocycles. The van der Waals surface area contributed by atoms with Crippen molar-refractivity contribution in [3.05, 3.63) is 26.6 Å². The van der Waals surface area contributed by atoms with E-state index in [1.54, 1.807) is 15.9 Å². The van der Waals surface area contributed by atoms with Gasteiger partial charge in [0.05, 0.1) is 11.9 Å². The average Bonchev–Trinajstić information content (AvgIpc) is 2.80. The van der Waals surface area contributed by atoms with Crippen molar-refractivity contribution in [1.29, 1.82) is 0 Å². The quantitative estimate of drug-likeness (QED) is 0.866. The molecule has 2 aromatic rings. The highest BCUT2D eigenvalue weighted by Crippen LogP contribution is 2.35. The first kappa shape index (κ1) is 14.7. The Kier molecular flexibility index (Phi) is 4.11. The lowest BCUT2D eigenvalue weighted by molar-refractivity contribution is 0.431. The molecule has 0 radical (unpaired) electrons. The molecule has 2 aromatic heterocycles. The van der Waals surface area contributed by atoms with Crippen LogP contribution in [0.15, 0.2) is 4.79 Å². The lowest BCUT2D eigenvalue weighted by atomic mass is 9.89. The zero-order valence-corrected chi connectivity index (χ0v) is 13.4. The van der Waals surface area contributed by atoms with E-state index in [2.05, 4.69) is 18.8 Å². The Labute approximate surface area is 127 Å². The molecule has 114 valence electrons. The van der Waals surface area contributed by atoms with Gasteiger partial charge in [0, 0.05) is 11.3 Å². The predicted molar refractivity (Wildman–Crippen MR) is 85.0 cm³/mol. The second-order valence-electron chi connectivity index (χ2n) is 5.96. The fourth-order valence-corrected chi connectivity index (χ4v) is 4.59. The van der Waals surface area contributed by atoms with Gasteiger partial charge in [-0.3, -0.25) is 9.36 Å². The number of thiophene rings is 1. The molecule has 0 spiro atoms. The highest BCUT2D eigenvalue weighted by atomic mass is 32.1. The number of aromatic nitrogens is 2. The smallest absolute Gasteiger partial charge is 0.262 e. The molecule has 21 heavy (non-hydrogen) atoms. The number of rotatable bonds is 4. The van der Waals surface area contributed by atoms with Crippen molar-refractivity contribution in [2.24, 2.45) is 5.92 Å². The number of hydrogen-bond donors (Lipinski definition) is 0. The Hall–Kier alpha value is -1.23. The molecule has 2 heterocycles. The standard InChI is InChI=1S/C16H21FN2OS/c1-3-4-13-18-15-14(16(20)19(13)8-7-17)11-6-5-10(2)9-12(11)21-15/h10H,3-9H2,1-2H3. The van der Waals surface area contributed by atoms with Gasteiger partial charge in [-0.25, -0.2) is 9.37 Å². The van der Waals surface area contributed by atoms with Gasteiger partial charge in [-0.2, -0.15) is 0 Å². The van der Waals surface area contributed by atoms with Crippen LogP contribution in [-0.2, 0) is 25.8 Å². The predicted octanol–water partition coefficient (Wildman–Crippen LogP) is 3.50. The van der Waals surface area contributed by atoms with E-state index in [-0.39, 0.29) is 12.1 Å². The summed E-state index contributed by atoms with van der Waals surface area (Å²) in [5, 5.41) is 0.759. The van der Waals surface area contributed by atoms with Crippen molar-refractivity contribution in [2.45, 2.75) is 52.5 Å². The minimum atomic E-state index is -0.521. The molecule has 0 aliphatic heterocycles. The molecule has 1 atom stereocenters. The molecule has 0 amide bonds. The number of hydrogen-bond acceptors (Lipinski definition) is 3. The van der Waals surface area contributed by atoms with Crippen LogP contribution in [0.5, 0.6) is 0 Å². The van der Waals surface area contributed by atoms with Crippen LogP contribution in [0.3, 0.4) is 0 Å². The van der Waals surface area contributed by atoms with Crippen LogP contribution in [0.4, 0.5) is 4.39 Å². The van der Waals surface area contributed by atoms with Gasteiger partial charge in [0.2, 0.25) is 0 Å². The van der Waals surface area contributed by atoms with Gasteiger partial charge in [-0.15, -0.1) is 11.3 Å². The van der Waals surface area contributed by atoms with Crippen molar-refractivity contribution in [3.8, 4) is 0 Å². The molecule has 0 saturated carbocycles. The van der Waals surface area contributed by atoms with Crippen molar-refractivity contribution in [1.82, 2.24) is 9.55 Å². The lowest BCUT2D eigenvalue weighted by Gasteiger charge is -2.17. The van der Waals surface area contributed by atoms with Crippen LogP contribution >= 0.6 is 11.3 Å². The first-order valence-electron chi connectivity index (χ1n) is 7.75. The Morgan fingerprint density at radius 1 is 1.48 bits per heavy atom. The van der Waals surface area contributed by atoms with Crippen molar-refractivity contribution in [2.75, 3.05) is 6.67 Å². The number of halogens is 1. The fourth-order valence-electron chi connectivity index (χ4n) is 3.20. The molecule has 3 nitrogen and oxygen atoms in total. The van der Waals surface area contributed by atoms with E-state index in [1.807, 2.05) is 0 Å². The minimum Gasteiger partial charge on any atom is -0.293 e. The van der Waals surface area contributed by atoms with Gasteiger partial charge in [0.25, 0.3) is 5.56 Å². The zero-order chi connectivity index (χ0) is 15.0. The zero-order valence-electron chi connectivity index (χ0n) is 12.6. The Bertz CT molecular complexity index is 719. The maximum absolute atomic E-state index is 12.8. The Morgan fingerprint density at radius 2 is 2.29 bits per heavy atom. The monoisotopic (exact) mass is 308 g/mol. The van der Waals surface area contributed by atoms with Crippen LogP contribution in [0, 0.1) is 5.92 Å². The van der Waals surface area contributed by atoms with Gasteiger partial charge in [-0.05, 0) is 37.2 Å². The third kappa shape index (κ3) is 2.52. The molecule has 1 unspecified atom stereocenters. The molecule has 3 rings (SSSR count). The largest absolute Gasteiger partial charge is 0.293 e. The molecule has 0 fully saturated rings. The third-order valence-corrected chi connectivity index (χ3v) is 5.42. The fraction of sp³-hybridized carbons (Fsp3) is 0.625. The van der Waals surface area contributed by atoms with Crippen LogP contribution in [0.2, 0.25) is 0 Å². The van der Waals surface area contributed by atoms with E-state index in [1.165, 1.54) is 10.4 Å². The SMILES string of the molecule is CCCc1nc2sc3c(c2c(=O)n1CCF)CCC(C)C3. The second kappa shape index (κ2) is 5.87. The minimum absolute atomic E-state index is 0.0341. The van der Waals surface area contributed by atoms with Crippen LogP contribution in [-0.4, -0.2) is 16.2 Å². The van der Waals surface area contributed by atoms with Crippen LogP contribution in [0.25, 0.3) is 10.2 Å². The summed E-state index contributed by atoms with van der Waals surface area (Å²) in [6.45, 7) is 3.91. The third-order valence-electron chi connectivity index (χ3n) is 4.28. The number of aryl methyl sites for hydroxylation is 2. The molecule has 1 aliphatic carbocycles. The van der Waals surface area contributed by atoms with E-state index in [0.717, 1.165) is 48.1 Å². The maximum atomic E-state index is 12.8. The highest BCUT2D eigenvalue weighted by molar-refractivity contribution is 7.18. The number of fused-ring (bicyclic) bond motifs is 3. The van der Waals surface area contributed by atoms with Gasteiger partial charge in [-0.1, -0.05) is 13.8 Å². The topological polar surface area (TPSA) is 34.9 Å². The van der Waals surface area contributed by atoms with E-state index in [0.29, 0.717) is 5.92 Å². The van der Waals surface area contributed by atoms with Crippen LogP contribution in [0.1, 0.15) is 43.0 Å². The van der Waals surface area contributed by atoms with Crippen molar-refractivity contribution in [3.63, 3.8) is 0 Å². The van der Waals surface area contributed by atoms with E-state index < -0.39 is 6.67 Å². The molecule has 5 heteroatoms. The summed E-state index contributed by atoms with van der Waals surface area (Å²) in [5.41, 5.74) is 1.15. The van der Waals surface area contributed by atoms with Gasteiger partial charge in [0.1, 0.15) is 17.3 Å². The van der Waals surface area contributed by atoms with Crippen LogP contribution < -0.4 is 5.56 Å². The molecule has 0 aromatic carbocycles. The molecule has 0 N–H and O–H groups in total. The summed E-state index contributed by atoms with van der Waals surface area (Å²) in [7, 11) is 0. The van der Waals surface area contributed by atoms with Gasteiger partial charge < -0.3 is 0 Å². The number of nitrogens with zero attached hydrogens (tertiary/aromatic N) is 2. The van der Waals surface area contributed by atoms with Crippen molar-refractivity contribution >= 4 is 21.6 Å². The highest BCUT2D eigenvalue weighted by Gasteiger charge is 2.24. The second-order valence-corrected chi connectivity index (χ2v) is 7.04. The average molecular weight is 308 g/mol. The normalized spacial score (nSPS) is 18.1. The summed E-state index contributed by atoms with van der Waals surface area (Å²) in [5.74, 6) is 1.41. The van der Waals surface area contributed by atoms with Crippen molar-refractivity contribution < 1.29 is 4.39 Å². The summed E-state index contributed by atoms with van der Waals surface area (Å²) < 4.78 is 14.4. The van der Waals surface area contributed by atoms with E-state index in [9.17, 15) is 9.18 Å². The summed E-state index contributed by atoms with van der Waals surface area (Å²) >= 11 is 1.67. The first-order chi connectivity index (χ1) is 10.2. The molecule has 1 aliphatic rings. The summed E-state index contributed by atoms with van der Waals surface area (Å²) in [6, 6.07) is 0. The Morgan fingerprint density at radius 3 is 3.00 bits per heavy atom. The summed E-state index contributed by atoms with van der Waals surface area (Å²) in [4.78, 5) is 19.7. The van der Waals surface area contributed by atoms with E-state index in [4.69, 9.17) is 0 Å². The van der Waals surface area contributed by atoms with E-state index >= 15 is 0 Å². The molecule has 0 bridgehead atoms. The molecular formula is C16H21FN2OS. The number of alkyl halides is 1. The maximum Gasteiger partial charge on any atom is 0.262 e. The van der Waals surface area contributed by atoms with Gasteiger partial charge in [0.15, 0.2) is 0 Å². The molecular weight excluding hydrogens is 287 g/mol.